The number of hydrogen-bond acceptors (Lipinski definition) is 6. The lowest BCUT2D eigenvalue weighted by Gasteiger charge is -2.25. The predicted octanol–water partition coefficient (Wildman–Crippen LogP) is 7.88. The summed E-state index contributed by atoms with van der Waals surface area (Å²) < 4.78 is 36.7. The normalized spacial score (nSPS) is 13.0. The van der Waals surface area contributed by atoms with Crippen LogP contribution in [0.2, 0.25) is 0 Å². The fraction of sp³-hybridized carbons (Fsp3) is 0.258. The Morgan fingerprint density at radius 3 is 2.30 bits per heavy atom. The van der Waals surface area contributed by atoms with Crippen LogP contribution in [-0.2, 0) is 0 Å². The molecule has 9 heteroatoms. The summed E-state index contributed by atoms with van der Waals surface area (Å²) in [7, 11) is 3.53. The molecular formula is C31H33F2N3O2S2. The molecule has 0 unspecified atom stereocenters. The van der Waals surface area contributed by atoms with Crippen molar-refractivity contribution in [3.05, 3.63) is 83.9 Å². The van der Waals surface area contributed by atoms with E-state index >= 15 is 0 Å². The van der Waals surface area contributed by atoms with E-state index in [1.54, 1.807) is 49.1 Å². The van der Waals surface area contributed by atoms with Crippen molar-refractivity contribution in [2.24, 2.45) is 0 Å². The van der Waals surface area contributed by atoms with Gasteiger partial charge in [-0.2, -0.15) is 0 Å². The number of carbonyl (C=O) groups is 1. The maximum absolute atomic E-state index is 13.3. The Morgan fingerprint density at radius 2 is 1.68 bits per heavy atom. The lowest BCUT2D eigenvalue weighted by atomic mass is 10.0. The third-order valence-electron chi connectivity index (χ3n) is 6.25. The Hall–Kier alpha value is -3.45. The van der Waals surface area contributed by atoms with Crippen molar-refractivity contribution in [2.45, 2.75) is 24.2 Å². The van der Waals surface area contributed by atoms with Crippen LogP contribution in [0.1, 0.15) is 29.6 Å². The van der Waals surface area contributed by atoms with Gasteiger partial charge in [0, 0.05) is 50.5 Å². The van der Waals surface area contributed by atoms with Crippen LogP contribution in [0.3, 0.4) is 0 Å². The molecule has 1 N–H and O–H groups in total. The number of terminal acetylenes is 1. The van der Waals surface area contributed by atoms with E-state index in [0.29, 0.717) is 22.5 Å². The van der Waals surface area contributed by atoms with Crippen LogP contribution in [0.25, 0.3) is 22.3 Å². The van der Waals surface area contributed by atoms with Crippen molar-refractivity contribution in [1.82, 2.24) is 9.62 Å². The van der Waals surface area contributed by atoms with Gasteiger partial charge in [0.05, 0.1) is 16.1 Å². The number of halogens is 2. The first kappa shape index (κ1) is 31.1. The first-order valence-corrected chi connectivity index (χ1v) is 14.7. The largest absolute Gasteiger partial charge is 0.455 e. The van der Waals surface area contributed by atoms with Crippen molar-refractivity contribution < 1.29 is 18.0 Å². The molecule has 2 heterocycles. The first-order valence-electron chi connectivity index (χ1n) is 12.7. The average Bonchev–Trinajstić information content (AvgIpc) is 3.38. The van der Waals surface area contributed by atoms with Crippen LogP contribution in [0.5, 0.6) is 0 Å². The molecule has 4 aromatic rings. The van der Waals surface area contributed by atoms with E-state index in [-0.39, 0.29) is 17.5 Å². The predicted molar refractivity (Wildman–Crippen MR) is 164 cm³/mol. The summed E-state index contributed by atoms with van der Waals surface area (Å²) in [5, 5.41) is 3.37. The molecule has 1 aromatic heterocycles. The van der Waals surface area contributed by atoms with Gasteiger partial charge in [0.25, 0.3) is 5.91 Å². The molecule has 5 rings (SSSR count). The van der Waals surface area contributed by atoms with Gasteiger partial charge in [0.1, 0.15) is 23.0 Å². The molecule has 0 spiro atoms. The van der Waals surface area contributed by atoms with Gasteiger partial charge < -0.3 is 14.0 Å². The Balaban J connectivity index is 0.000000234. The summed E-state index contributed by atoms with van der Waals surface area (Å²) in [5.41, 5.74) is 2.70. The fourth-order valence-electron chi connectivity index (χ4n) is 4.16. The standard InChI is InChI=1S/C18H17FN2O2S.C11H14FNS.C2H2/c1-20-18(22)16-14-9-8-13(21(2)24-3)10-15(14)23-17(16)11-4-6-12(19)7-5-11;12-10-6-2-3-7-11(10)14-13-8-4-1-5-9-13;1-2/h4-10H,1-3H3,(H,20,22);2-3,6-7H,1,4-5,8-9H2;1-2H. The Kier molecular flexibility index (Phi) is 11.9. The van der Waals surface area contributed by atoms with Crippen LogP contribution in [0.4, 0.5) is 14.5 Å². The highest BCUT2D eigenvalue weighted by Crippen LogP contribution is 2.36. The van der Waals surface area contributed by atoms with Gasteiger partial charge in [-0.15, -0.1) is 12.8 Å². The number of rotatable bonds is 6. The molecule has 40 heavy (non-hydrogen) atoms. The number of hydrogen-bond donors (Lipinski definition) is 1. The molecule has 0 atom stereocenters. The summed E-state index contributed by atoms with van der Waals surface area (Å²) in [6, 6.07) is 18.6. The topological polar surface area (TPSA) is 48.7 Å². The van der Waals surface area contributed by atoms with Crippen LogP contribution in [0.15, 0.2) is 76.0 Å². The quantitative estimate of drug-likeness (QED) is 0.185. The van der Waals surface area contributed by atoms with Crippen LogP contribution >= 0.6 is 23.9 Å². The van der Waals surface area contributed by atoms with E-state index in [0.717, 1.165) is 29.1 Å². The molecule has 1 fully saturated rings. The van der Waals surface area contributed by atoms with Crippen LogP contribution in [0, 0.1) is 24.5 Å². The molecule has 5 nitrogen and oxygen atoms in total. The van der Waals surface area contributed by atoms with E-state index in [2.05, 4.69) is 22.5 Å². The zero-order chi connectivity index (χ0) is 29.1. The lowest BCUT2D eigenvalue weighted by molar-refractivity contribution is 0.0964. The zero-order valence-electron chi connectivity index (χ0n) is 22.8. The number of furan rings is 1. The first-order chi connectivity index (χ1) is 19.4. The number of amides is 1. The number of nitrogens with one attached hydrogen (secondary N) is 1. The fourth-order valence-corrected chi connectivity index (χ4v) is 5.49. The average molecular weight is 582 g/mol. The minimum Gasteiger partial charge on any atom is -0.455 e. The monoisotopic (exact) mass is 581 g/mol. The molecule has 3 aromatic carbocycles. The van der Waals surface area contributed by atoms with Crippen molar-refractivity contribution in [1.29, 1.82) is 0 Å². The van der Waals surface area contributed by atoms with Gasteiger partial charge in [-0.3, -0.25) is 4.79 Å². The van der Waals surface area contributed by atoms with Gasteiger partial charge in [-0.1, -0.05) is 30.5 Å². The van der Waals surface area contributed by atoms with E-state index in [1.807, 2.05) is 47.9 Å². The smallest absolute Gasteiger partial charge is 0.255 e. The summed E-state index contributed by atoms with van der Waals surface area (Å²) >= 11 is 3.13. The van der Waals surface area contributed by atoms with Gasteiger partial charge in [0.2, 0.25) is 0 Å². The molecule has 0 saturated carbocycles. The summed E-state index contributed by atoms with van der Waals surface area (Å²) in [6.07, 6.45) is 13.8. The van der Waals surface area contributed by atoms with E-state index in [9.17, 15) is 13.6 Å². The molecule has 0 radical (unpaired) electrons. The summed E-state index contributed by atoms with van der Waals surface area (Å²) in [5.74, 6) is -0.240. The SMILES string of the molecule is C#C.CNC(=O)c1c(-c2ccc(F)cc2)oc2cc(N(C)SC)ccc12.Fc1ccccc1SN1CCCCC1. The van der Waals surface area contributed by atoms with Crippen molar-refractivity contribution in [3.8, 4) is 24.2 Å². The van der Waals surface area contributed by atoms with E-state index < -0.39 is 0 Å². The lowest BCUT2D eigenvalue weighted by Crippen LogP contribution is -2.22. The molecule has 1 aliphatic rings. The minimum atomic E-state index is -0.333. The van der Waals surface area contributed by atoms with Gasteiger partial charge in [-0.25, -0.2) is 13.1 Å². The Morgan fingerprint density at radius 1 is 1.00 bits per heavy atom. The van der Waals surface area contributed by atoms with Crippen molar-refractivity contribution in [3.63, 3.8) is 0 Å². The highest BCUT2D eigenvalue weighted by molar-refractivity contribution is 7.99. The molecule has 0 bridgehead atoms. The minimum absolute atomic E-state index is 0.108. The number of carbonyl (C=O) groups excluding carboxylic acids is 1. The second kappa shape index (κ2) is 15.4. The third kappa shape index (κ3) is 7.81. The number of nitrogens with zero attached hydrogens (tertiary/aromatic N) is 2. The highest BCUT2D eigenvalue weighted by atomic mass is 32.2. The maximum atomic E-state index is 13.3. The van der Waals surface area contributed by atoms with Crippen LogP contribution < -0.4 is 9.62 Å². The highest BCUT2D eigenvalue weighted by Gasteiger charge is 2.22. The number of fused-ring (bicyclic) bond motifs is 1. The number of anilines is 1. The second-order valence-corrected chi connectivity index (χ2v) is 10.8. The van der Waals surface area contributed by atoms with E-state index in [1.165, 1.54) is 37.5 Å². The van der Waals surface area contributed by atoms with E-state index in [4.69, 9.17) is 4.42 Å². The van der Waals surface area contributed by atoms with Gasteiger partial charge >= 0.3 is 0 Å². The third-order valence-corrected chi connectivity index (χ3v) is 8.16. The Bertz CT molecular complexity index is 1420. The maximum Gasteiger partial charge on any atom is 0.255 e. The molecule has 1 aliphatic heterocycles. The summed E-state index contributed by atoms with van der Waals surface area (Å²) in [6.45, 7) is 2.16. The zero-order valence-corrected chi connectivity index (χ0v) is 24.5. The number of piperidine rings is 1. The van der Waals surface area contributed by atoms with Crippen molar-refractivity contribution >= 4 is 46.5 Å². The van der Waals surface area contributed by atoms with Gasteiger partial charge in [0.15, 0.2) is 0 Å². The molecule has 0 aliphatic carbocycles. The molecular weight excluding hydrogens is 548 g/mol. The van der Waals surface area contributed by atoms with Gasteiger partial charge in [-0.05, 0) is 73.3 Å². The van der Waals surface area contributed by atoms with Crippen LogP contribution in [-0.4, -0.2) is 43.7 Å². The summed E-state index contributed by atoms with van der Waals surface area (Å²) in [4.78, 5) is 13.1. The molecule has 1 amide bonds. The number of benzene rings is 3. The van der Waals surface area contributed by atoms with Crippen molar-refractivity contribution in [2.75, 3.05) is 37.7 Å². The Labute approximate surface area is 243 Å². The molecule has 1 saturated heterocycles. The second-order valence-electron chi connectivity index (χ2n) is 8.76. The molecule has 210 valence electrons.